The Labute approximate surface area is 110 Å². The highest BCUT2D eigenvalue weighted by atomic mass is 16.2. The Hall–Kier alpha value is -2.43. The van der Waals surface area contributed by atoms with Crippen LogP contribution in [-0.2, 0) is 4.79 Å². The zero-order valence-electron chi connectivity index (χ0n) is 10.8. The first kappa shape index (κ1) is 13.0. The topological polar surface area (TPSA) is 64.0 Å². The van der Waals surface area contributed by atoms with Crippen molar-refractivity contribution in [2.45, 2.75) is 19.9 Å². The molecule has 19 heavy (non-hydrogen) atoms. The lowest BCUT2D eigenvalue weighted by atomic mass is 10.2. The molecule has 0 aliphatic carbocycles. The van der Waals surface area contributed by atoms with Gasteiger partial charge in [-0.05, 0) is 37.6 Å². The molecule has 0 aliphatic rings. The first-order chi connectivity index (χ1) is 9.08. The Morgan fingerprint density at radius 2 is 2.11 bits per heavy atom. The normalized spacial score (nSPS) is 11.9. The summed E-state index contributed by atoms with van der Waals surface area (Å²) >= 11 is 0. The third-order valence-electron chi connectivity index (χ3n) is 2.77. The van der Waals surface area contributed by atoms with Gasteiger partial charge in [-0.1, -0.05) is 12.1 Å². The molecule has 5 heteroatoms. The van der Waals surface area contributed by atoms with Gasteiger partial charge in [-0.15, -0.1) is 0 Å². The molecule has 2 rings (SSSR count). The fourth-order valence-corrected chi connectivity index (χ4v) is 1.74. The second-order valence-corrected chi connectivity index (χ2v) is 4.34. The molecule has 0 saturated carbocycles. The zero-order valence-corrected chi connectivity index (χ0v) is 10.8. The molecule has 0 radical (unpaired) electrons. The van der Waals surface area contributed by atoms with Crippen molar-refractivity contribution in [1.29, 1.82) is 0 Å². The lowest BCUT2D eigenvalue weighted by Gasteiger charge is -2.13. The van der Waals surface area contributed by atoms with E-state index in [1.807, 2.05) is 25.1 Å². The van der Waals surface area contributed by atoms with Crippen molar-refractivity contribution in [3.63, 3.8) is 0 Å². The molecule has 5 nitrogen and oxygen atoms in total. The summed E-state index contributed by atoms with van der Waals surface area (Å²) in [4.78, 5) is 23.7. The third kappa shape index (κ3) is 3.07. The Bertz CT molecular complexity index is 649. The summed E-state index contributed by atoms with van der Waals surface area (Å²) in [5.41, 5.74) is 1.47. The van der Waals surface area contributed by atoms with Crippen LogP contribution in [-0.4, -0.2) is 15.7 Å². The van der Waals surface area contributed by atoms with Crippen molar-refractivity contribution < 1.29 is 4.79 Å². The number of anilines is 1. The van der Waals surface area contributed by atoms with E-state index >= 15 is 0 Å². The SMILES string of the molecule is Cc1cccc(NC(=O)C(C)n2ncccc2=O)c1. The third-order valence-corrected chi connectivity index (χ3v) is 2.77. The van der Waals surface area contributed by atoms with Gasteiger partial charge in [-0.25, -0.2) is 4.68 Å². The van der Waals surface area contributed by atoms with E-state index < -0.39 is 6.04 Å². The predicted molar refractivity (Wildman–Crippen MR) is 73.0 cm³/mol. The fraction of sp³-hybridized carbons (Fsp3) is 0.214. The molecule has 1 unspecified atom stereocenters. The van der Waals surface area contributed by atoms with Crippen molar-refractivity contribution in [3.05, 3.63) is 58.5 Å². The number of hydrogen-bond acceptors (Lipinski definition) is 3. The molecule has 1 atom stereocenters. The maximum absolute atomic E-state index is 12.1. The second-order valence-electron chi connectivity index (χ2n) is 4.34. The summed E-state index contributed by atoms with van der Waals surface area (Å²) < 4.78 is 1.16. The van der Waals surface area contributed by atoms with Gasteiger partial charge in [-0.2, -0.15) is 5.10 Å². The van der Waals surface area contributed by atoms with Gasteiger partial charge in [0.05, 0.1) is 0 Å². The number of rotatable bonds is 3. The van der Waals surface area contributed by atoms with Gasteiger partial charge in [-0.3, -0.25) is 9.59 Å². The number of amides is 1. The number of aryl methyl sites for hydroxylation is 1. The molecule has 0 aliphatic heterocycles. The predicted octanol–water partition coefficient (Wildman–Crippen LogP) is 1.75. The van der Waals surface area contributed by atoms with E-state index in [-0.39, 0.29) is 11.5 Å². The summed E-state index contributed by atoms with van der Waals surface area (Å²) in [6.07, 6.45) is 1.48. The van der Waals surface area contributed by atoms with Crippen molar-refractivity contribution >= 4 is 11.6 Å². The average Bonchev–Trinajstić information content (AvgIpc) is 2.38. The molecule has 0 bridgehead atoms. The first-order valence-corrected chi connectivity index (χ1v) is 5.99. The zero-order chi connectivity index (χ0) is 13.8. The van der Waals surface area contributed by atoms with E-state index in [4.69, 9.17) is 0 Å². The summed E-state index contributed by atoms with van der Waals surface area (Å²) in [5, 5.41) is 6.67. The summed E-state index contributed by atoms with van der Waals surface area (Å²) in [5.74, 6) is -0.272. The van der Waals surface area contributed by atoms with Crippen LogP contribution in [0.3, 0.4) is 0 Å². The maximum atomic E-state index is 12.1. The van der Waals surface area contributed by atoms with Gasteiger partial charge in [0.25, 0.3) is 5.56 Å². The van der Waals surface area contributed by atoms with Crippen LogP contribution in [0.2, 0.25) is 0 Å². The highest BCUT2D eigenvalue weighted by molar-refractivity contribution is 5.93. The molecule has 1 amide bonds. The van der Waals surface area contributed by atoms with Gasteiger partial charge in [0.1, 0.15) is 6.04 Å². The van der Waals surface area contributed by atoms with Gasteiger partial charge in [0, 0.05) is 18.0 Å². The van der Waals surface area contributed by atoms with Crippen LogP contribution in [0, 0.1) is 6.92 Å². The lowest BCUT2D eigenvalue weighted by molar-refractivity contribution is -0.119. The number of carbonyl (C=O) groups excluding carboxylic acids is 1. The van der Waals surface area contributed by atoms with Gasteiger partial charge in [0.2, 0.25) is 5.91 Å². The van der Waals surface area contributed by atoms with Crippen LogP contribution < -0.4 is 10.9 Å². The van der Waals surface area contributed by atoms with E-state index in [0.29, 0.717) is 5.69 Å². The Morgan fingerprint density at radius 3 is 2.79 bits per heavy atom. The number of aromatic nitrogens is 2. The minimum Gasteiger partial charge on any atom is -0.324 e. The van der Waals surface area contributed by atoms with Crippen LogP contribution >= 0.6 is 0 Å². The molecular weight excluding hydrogens is 242 g/mol. The summed E-state index contributed by atoms with van der Waals surface area (Å²) in [6.45, 7) is 3.59. The number of nitrogens with zero attached hydrogens (tertiary/aromatic N) is 2. The molecule has 1 heterocycles. The molecule has 0 fully saturated rings. The van der Waals surface area contributed by atoms with Crippen molar-refractivity contribution in [2.75, 3.05) is 5.32 Å². The van der Waals surface area contributed by atoms with Gasteiger partial charge >= 0.3 is 0 Å². The van der Waals surface area contributed by atoms with E-state index in [2.05, 4.69) is 10.4 Å². The second kappa shape index (κ2) is 5.48. The summed E-state index contributed by atoms with van der Waals surface area (Å²) in [7, 11) is 0. The molecule has 1 aromatic carbocycles. The molecule has 1 N–H and O–H groups in total. The molecule has 0 saturated heterocycles. The fourth-order valence-electron chi connectivity index (χ4n) is 1.74. The van der Waals surface area contributed by atoms with E-state index in [0.717, 1.165) is 10.2 Å². The van der Waals surface area contributed by atoms with Gasteiger partial charge in [0.15, 0.2) is 0 Å². The lowest BCUT2D eigenvalue weighted by Crippen LogP contribution is -2.32. The number of nitrogens with one attached hydrogen (secondary N) is 1. The van der Waals surface area contributed by atoms with Crippen LogP contribution in [0.1, 0.15) is 18.5 Å². The Morgan fingerprint density at radius 1 is 1.32 bits per heavy atom. The molecule has 1 aromatic heterocycles. The Kier molecular flexibility index (Phi) is 3.75. The van der Waals surface area contributed by atoms with Crippen LogP contribution in [0.15, 0.2) is 47.4 Å². The van der Waals surface area contributed by atoms with E-state index in [1.165, 1.54) is 12.3 Å². The highest BCUT2D eigenvalue weighted by Gasteiger charge is 2.16. The minimum absolute atomic E-state index is 0.272. The number of hydrogen-bond donors (Lipinski definition) is 1. The maximum Gasteiger partial charge on any atom is 0.267 e. The van der Waals surface area contributed by atoms with E-state index in [1.54, 1.807) is 19.1 Å². The summed E-state index contributed by atoms with van der Waals surface area (Å²) in [6, 6.07) is 9.75. The Balaban J connectivity index is 2.17. The average molecular weight is 257 g/mol. The van der Waals surface area contributed by atoms with Crippen molar-refractivity contribution in [1.82, 2.24) is 9.78 Å². The number of carbonyl (C=O) groups is 1. The highest BCUT2D eigenvalue weighted by Crippen LogP contribution is 2.12. The quantitative estimate of drug-likeness (QED) is 0.911. The van der Waals surface area contributed by atoms with E-state index in [9.17, 15) is 9.59 Å². The smallest absolute Gasteiger partial charge is 0.267 e. The molecule has 98 valence electrons. The number of benzene rings is 1. The van der Waals surface area contributed by atoms with Crippen LogP contribution in [0.25, 0.3) is 0 Å². The minimum atomic E-state index is -0.658. The van der Waals surface area contributed by atoms with Crippen molar-refractivity contribution in [3.8, 4) is 0 Å². The molecule has 0 spiro atoms. The molecule has 2 aromatic rings. The first-order valence-electron chi connectivity index (χ1n) is 5.99. The molecular formula is C14H15N3O2. The van der Waals surface area contributed by atoms with Crippen molar-refractivity contribution in [2.24, 2.45) is 0 Å². The van der Waals surface area contributed by atoms with Crippen LogP contribution in [0.4, 0.5) is 5.69 Å². The standard InChI is InChI=1S/C14H15N3O2/c1-10-5-3-6-12(9-10)16-14(19)11(2)17-13(18)7-4-8-15-17/h3-9,11H,1-2H3,(H,16,19). The monoisotopic (exact) mass is 257 g/mol. The van der Waals surface area contributed by atoms with Crippen LogP contribution in [0.5, 0.6) is 0 Å². The van der Waals surface area contributed by atoms with Gasteiger partial charge < -0.3 is 5.32 Å². The largest absolute Gasteiger partial charge is 0.324 e.